The van der Waals surface area contributed by atoms with Gasteiger partial charge in [0.25, 0.3) is 0 Å². The largest absolute Gasteiger partial charge is 0.426 e. The highest BCUT2D eigenvalue weighted by Crippen LogP contribution is 2.27. The van der Waals surface area contributed by atoms with Gasteiger partial charge < -0.3 is 9.64 Å². The molecule has 7 nitrogen and oxygen atoms in total. The molecule has 1 saturated heterocycles. The van der Waals surface area contributed by atoms with Crippen molar-refractivity contribution >= 4 is 39.5 Å². The molecule has 0 bridgehead atoms. The second-order valence-electron chi connectivity index (χ2n) is 7.79. The Kier molecular flexibility index (Phi) is 6.76. The van der Waals surface area contributed by atoms with Gasteiger partial charge in [-0.2, -0.15) is 4.31 Å². The zero-order valence-corrected chi connectivity index (χ0v) is 18.9. The number of carbonyl (C=O) groups is 2. The molecule has 0 aromatic heterocycles. The number of benzene rings is 2. The maximum absolute atomic E-state index is 12.6. The summed E-state index contributed by atoms with van der Waals surface area (Å²) in [5, 5.41) is 1.81. The first-order chi connectivity index (χ1) is 15.3. The van der Waals surface area contributed by atoms with Crippen LogP contribution in [0.2, 0.25) is 5.02 Å². The standard InChI is InChI=1S/C23H23ClN2O5S/c24-20-5-1-17(2-6-20)8-14-32(29,30)26-12-10-25(11-13-26)9-7-21(27)18-3-4-19-16-23(28)31-22(19)15-18/h1-6,8,14-15H,7,9-13,16H2/b14-8+. The van der Waals surface area contributed by atoms with Crippen LogP contribution in [-0.2, 0) is 21.2 Å². The molecular formula is C23H23ClN2O5S. The summed E-state index contributed by atoms with van der Waals surface area (Å²) in [7, 11) is -3.51. The van der Waals surface area contributed by atoms with Crippen LogP contribution < -0.4 is 4.74 Å². The summed E-state index contributed by atoms with van der Waals surface area (Å²) in [5.41, 5.74) is 2.08. The lowest BCUT2D eigenvalue weighted by atomic mass is 10.0. The van der Waals surface area contributed by atoms with Crippen LogP contribution in [0.25, 0.3) is 6.08 Å². The molecule has 0 saturated carbocycles. The van der Waals surface area contributed by atoms with Crippen molar-refractivity contribution in [2.75, 3.05) is 32.7 Å². The first kappa shape index (κ1) is 22.7. The fraction of sp³-hybridized carbons (Fsp3) is 0.304. The molecule has 4 rings (SSSR count). The minimum Gasteiger partial charge on any atom is -0.426 e. The Morgan fingerprint density at radius 3 is 2.50 bits per heavy atom. The van der Waals surface area contributed by atoms with Crippen molar-refractivity contribution in [1.29, 1.82) is 0 Å². The Morgan fingerprint density at radius 1 is 1.06 bits per heavy atom. The van der Waals surface area contributed by atoms with Crippen molar-refractivity contribution < 1.29 is 22.7 Å². The predicted molar refractivity (Wildman–Crippen MR) is 122 cm³/mol. The summed E-state index contributed by atoms with van der Waals surface area (Å²) in [6.07, 6.45) is 2.12. The van der Waals surface area contributed by atoms with Gasteiger partial charge in [-0.15, -0.1) is 0 Å². The highest BCUT2D eigenvalue weighted by atomic mass is 35.5. The van der Waals surface area contributed by atoms with Crippen molar-refractivity contribution in [2.24, 2.45) is 0 Å². The number of nitrogens with zero attached hydrogens (tertiary/aromatic N) is 2. The van der Waals surface area contributed by atoms with E-state index in [0.717, 1.165) is 11.1 Å². The van der Waals surface area contributed by atoms with E-state index in [1.807, 2.05) is 0 Å². The topological polar surface area (TPSA) is 84.0 Å². The molecule has 0 aliphatic carbocycles. The van der Waals surface area contributed by atoms with Crippen LogP contribution >= 0.6 is 11.6 Å². The molecule has 2 heterocycles. The summed E-state index contributed by atoms with van der Waals surface area (Å²) in [5.74, 6) is 0.128. The van der Waals surface area contributed by atoms with E-state index in [-0.39, 0.29) is 18.2 Å². The Bertz CT molecular complexity index is 1150. The molecule has 1 fully saturated rings. The maximum Gasteiger partial charge on any atom is 0.315 e. The summed E-state index contributed by atoms with van der Waals surface area (Å²) in [6, 6.07) is 12.0. The Balaban J connectivity index is 1.26. The van der Waals surface area contributed by atoms with Crippen molar-refractivity contribution in [2.45, 2.75) is 12.8 Å². The van der Waals surface area contributed by atoms with E-state index in [4.69, 9.17) is 16.3 Å². The van der Waals surface area contributed by atoms with Gasteiger partial charge >= 0.3 is 5.97 Å². The number of esters is 1. The van der Waals surface area contributed by atoms with E-state index in [1.165, 1.54) is 9.71 Å². The predicted octanol–water partition coefficient (Wildman–Crippen LogP) is 2.99. The molecule has 2 aliphatic rings. The molecule has 2 aromatic rings. The summed E-state index contributed by atoms with van der Waals surface area (Å²) in [4.78, 5) is 26.0. The molecule has 0 spiro atoms. The van der Waals surface area contributed by atoms with Crippen molar-refractivity contribution in [3.05, 3.63) is 69.6 Å². The van der Waals surface area contributed by atoms with Gasteiger partial charge in [0.1, 0.15) is 5.75 Å². The first-order valence-electron chi connectivity index (χ1n) is 10.3. The van der Waals surface area contributed by atoms with E-state index < -0.39 is 10.0 Å². The number of hydrogen-bond donors (Lipinski definition) is 0. The Hall–Kier alpha value is -2.52. The maximum atomic E-state index is 12.6. The highest BCUT2D eigenvalue weighted by molar-refractivity contribution is 7.92. The molecule has 0 unspecified atom stereocenters. The molecular weight excluding hydrogens is 452 g/mol. The van der Waals surface area contributed by atoms with Gasteiger partial charge in [-0.1, -0.05) is 35.9 Å². The third-order valence-corrected chi connectivity index (χ3v) is 7.41. The van der Waals surface area contributed by atoms with E-state index in [2.05, 4.69) is 4.90 Å². The number of halogens is 1. The molecule has 2 aromatic carbocycles. The normalized spacial score (nSPS) is 17.5. The number of carbonyl (C=O) groups excluding carboxylic acids is 2. The van der Waals surface area contributed by atoms with Gasteiger partial charge in [-0.05, 0) is 29.8 Å². The van der Waals surface area contributed by atoms with Crippen LogP contribution in [-0.4, -0.2) is 62.1 Å². The van der Waals surface area contributed by atoms with Crippen LogP contribution in [0, 0.1) is 0 Å². The van der Waals surface area contributed by atoms with Gasteiger partial charge in [-0.25, -0.2) is 8.42 Å². The minimum atomic E-state index is -3.51. The van der Waals surface area contributed by atoms with Crippen LogP contribution in [0.4, 0.5) is 0 Å². The lowest BCUT2D eigenvalue weighted by Crippen LogP contribution is -2.48. The first-order valence-corrected chi connectivity index (χ1v) is 12.2. The zero-order valence-electron chi connectivity index (χ0n) is 17.4. The van der Waals surface area contributed by atoms with Crippen molar-refractivity contribution in [3.8, 4) is 5.75 Å². The molecule has 0 radical (unpaired) electrons. The van der Waals surface area contributed by atoms with E-state index in [0.29, 0.717) is 55.5 Å². The number of hydrogen-bond acceptors (Lipinski definition) is 6. The number of rotatable bonds is 7. The summed E-state index contributed by atoms with van der Waals surface area (Å²) in [6.45, 7) is 2.41. The van der Waals surface area contributed by atoms with E-state index in [1.54, 1.807) is 48.5 Å². The SMILES string of the molecule is O=C1Cc2ccc(C(=O)CCN3CCN(S(=O)(=O)/C=C/c4ccc(Cl)cc4)CC3)cc2O1. The van der Waals surface area contributed by atoms with Gasteiger partial charge in [0.15, 0.2) is 5.78 Å². The molecule has 32 heavy (non-hydrogen) atoms. The van der Waals surface area contributed by atoms with Crippen LogP contribution in [0.5, 0.6) is 5.75 Å². The van der Waals surface area contributed by atoms with E-state index >= 15 is 0 Å². The Morgan fingerprint density at radius 2 is 1.78 bits per heavy atom. The molecule has 0 atom stereocenters. The second-order valence-corrected chi connectivity index (χ2v) is 10.0. The lowest BCUT2D eigenvalue weighted by Gasteiger charge is -2.33. The number of sulfonamides is 1. The number of piperazine rings is 1. The fourth-order valence-electron chi connectivity index (χ4n) is 3.72. The monoisotopic (exact) mass is 474 g/mol. The molecule has 2 aliphatic heterocycles. The molecule has 9 heteroatoms. The fourth-order valence-corrected chi connectivity index (χ4v) is 5.02. The van der Waals surface area contributed by atoms with Gasteiger partial charge in [0.2, 0.25) is 10.0 Å². The quantitative estimate of drug-likeness (QED) is 0.348. The third-order valence-electron chi connectivity index (χ3n) is 5.60. The van der Waals surface area contributed by atoms with Crippen molar-refractivity contribution in [1.82, 2.24) is 9.21 Å². The zero-order chi connectivity index (χ0) is 22.7. The second kappa shape index (κ2) is 9.54. The van der Waals surface area contributed by atoms with Gasteiger partial charge in [-0.3, -0.25) is 9.59 Å². The average Bonchev–Trinajstić information content (AvgIpc) is 3.16. The number of ketones is 1. The third kappa shape index (κ3) is 5.45. The van der Waals surface area contributed by atoms with Crippen LogP contribution in [0.3, 0.4) is 0 Å². The molecule has 0 N–H and O–H groups in total. The van der Waals surface area contributed by atoms with Gasteiger partial charge in [0, 0.05) is 60.7 Å². The highest BCUT2D eigenvalue weighted by Gasteiger charge is 2.26. The van der Waals surface area contributed by atoms with E-state index in [9.17, 15) is 18.0 Å². The number of fused-ring (bicyclic) bond motifs is 1. The number of Topliss-reactive ketones (excluding diaryl/α,β-unsaturated/α-hetero) is 1. The molecule has 168 valence electrons. The number of ether oxygens (including phenoxy) is 1. The van der Waals surface area contributed by atoms with Crippen LogP contribution in [0.15, 0.2) is 47.9 Å². The molecule has 0 amide bonds. The van der Waals surface area contributed by atoms with Crippen LogP contribution in [0.1, 0.15) is 27.9 Å². The lowest BCUT2D eigenvalue weighted by molar-refractivity contribution is -0.131. The Labute approximate surface area is 192 Å². The summed E-state index contributed by atoms with van der Waals surface area (Å²) >= 11 is 5.85. The van der Waals surface area contributed by atoms with Crippen molar-refractivity contribution in [3.63, 3.8) is 0 Å². The average molecular weight is 475 g/mol. The minimum absolute atomic E-state index is 0.0308. The van der Waals surface area contributed by atoms with Gasteiger partial charge in [0.05, 0.1) is 6.42 Å². The smallest absolute Gasteiger partial charge is 0.315 e. The summed E-state index contributed by atoms with van der Waals surface area (Å²) < 4.78 is 31.8.